The number of rotatable bonds is 4. The van der Waals surface area contributed by atoms with Crippen molar-refractivity contribution in [2.24, 2.45) is 0 Å². The van der Waals surface area contributed by atoms with Gasteiger partial charge in [0.05, 0.1) is 12.2 Å². The van der Waals surface area contributed by atoms with Crippen LogP contribution in [0.2, 0.25) is 5.02 Å². The summed E-state index contributed by atoms with van der Waals surface area (Å²) in [5.74, 6) is -0.306. The van der Waals surface area contributed by atoms with Crippen LogP contribution in [0, 0.1) is 0 Å². The second-order valence-electron chi connectivity index (χ2n) is 6.39. The molecular weight excluding hydrogens is 366 g/mol. The van der Waals surface area contributed by atoms with Crippen LogP contribution < -0.4 is 16.2 Å². The monoisotopic (exact) mass is 383 g/mol. The lowest BCUT2D eigenvalue weighted by atomic mass is 10.1. The molecule has 27 heavy (non-hydrogen) atoms. The molecule has 0 atom stereocenters. The molecule has 1 aliphatic heterocycles. The summed E-state index contributed by atoms with van der Waals surface area (Å²) in [5, 5.41) is 13.7. The van der Waals surface area contributed by atoms with Crippen molar-refractivity contribution in [2.75, 3.05) is 11.9 Å². The zero-order valence-electron chi connectivity index (χ0n) is 14.5. The predicted molar refractivity (Wildman–Crippen MR) is 103 cm³/mol. The Balaban J connectivity index is 1.56. The third kappa shape index (κ3) is 3.65. The molecule has 0 spiro atoms. The van der Waals surface area contributed by atoms with Crippen LogP contribution in [0.25, 0.3) is 0 Å². The van der Waals surface area contributed by atoms with E-state index in [9.17, 15) is 9.59 Å². The number of benzene rings is 1. The standard InChI is InChI=1S/C19H18ClN5O2/c20-15-4-2-1-3-12(15)10-25-11-13(5-6-17(25)26)22-19(27)18-14-9-21-8-7-16(14)23-24-18/h1-6,11,21H,7-10H2,(H,22,27)(H,23,24). The Hall–Kier alpha value is -2.90. The molecule has 0 aliphatic carbocycles. The summed E-state index contributed by atoms with van der Waals surface area (Å²) in [5.41, 5.74) is 3.44. The molecule has 7 nitrogen and oxygen atoms in total. The van der Waals surface area contributed by atoms with Crippen LogP contribution in [-0.4, -0.2) is 27.2 Å². The smallest absolute Gasteiger partial charge is 0.276 e. The molecule has 0 radical (unpaired) electrons. The zero-order valence-corrected chi connectivity index (χ0v) is 15.2. The van der Waals surface area contributed by atoms with Crippen LogP contribution >= 0.6 is 11.6 Å². The Kier molecular flexibility index (Phi) is 4.79. The summed E-state index contributed by atoms with van der Waals surface area (Å²) >= 11 is 6.18. The van der Waals surface area contributed by atoms with Gasteiger partial charge in [-0.3, -0.25) is 14.7 Å². The minimum Gasteiger partial charge on any atom is -0.319 e. The van der Waals surface area contributed by atoms with Crippen molar-refractivity contribution in [3.63, 3.8) is 0 Å². The highest BCUT2D eigenvalue weighted by Gasteiger charge is 2.21. The average molecular weight is 384 g/mol. The Morgan fingerprint density at radius 3 is 2.96 bits per heavy atom. The van der Waals surface area contributed by atoms with Crippen LogP contribution in [0.15, 0.2) is 47.4 Å². The Bertz CT molecular complexity index is 1060. The normalized spacial score (nSPS) is 13.2. The fraction of sp³-hybridized carbons (Fsp3) is 0.211. The molecule has 8 heteroatoms. The van der Waals surface area contributed by atoms with Crippen LogP contribution in [-0.2, 0) is 19.5 Å². The van der Waals surface area contributed by atoms with E-state index < -0.39 is 0 Å². The molecule has 1 aliphatic rings. The van der Waals surface area contributed by atoms with Crippen molar-refractivity contribution in [3.05, 3.63) is 80.5 Å². The molecular formula is C19H18ClN5O2. The van der Waals surface area contributed by atoms with Gasteiger partial charge in [-0.2, -0.15) is 5.10 Å². The van der Waals surface area contributed by atoms with Gasteiger partial charge in [0.25, 0.3) is 11.5 Å². The zero-order chi connectivity index (χ0) is 18.8. The first-order valence-electron chi connectivity index (χ1n) is 8.64. The number of carbonyl (C=O) groups is 1. The van der Waals surface area contributed by atoms with E-state index in [2.05, 4.69) is 20.8 Å². The second kappa shape index (κ2) is 7.38. The van der Waals surface area contributed by atoms with Crippen LogP contribution in [0.3, 0.4) is 0 Å². The summed E-state index contributed by atoms with van der Waals surface area (Å²) in [6, 6.07) is 10.4. The lowest BCUT2D eigenvalue weighted by Gasteiger charge is -2.13. The highest BCUT2D eigenvalue weighted by molar-refractivity contribution is 6.31. The van der Waals surface area contributed by atoms with Gasteiger partial charge in [-0.15, -0.1) is 0 Å². The summed E-state index contributed by atoms with van der Waals surface area (Å²) in [4.78, 5) is 24.8. The van der Waals surface area contributed by atoms with Gasteiger partial charge in [0.15, 0.2) is 5.69 Å². The van der Waals surface area contributed by atoms with E-state index in [0.29, 0.717) is 29.5 Å². The molecule has 2 aromatic heterocycles. The molecule has 0 fully saturated rings. The van der Waals surface area contributed by atoms with Crippen LogP contribution in [0.4, 0.5) is 5.69 Å². The van der Waals surface area contributed by atoms with Crippen molar-refractivity contribution >= 4 is 23.2 Å². The maximum absolute atomic E-state index is 12.6. The number of carbonyl (C=O) groups excluding carboxylic acids is 1. The number of nitrogens with zero attached hydrogens (tertiary/aromatic N) is 2. The SMILES string of the molecule is O=C(Nc1ccc(=O)n(Cc2ccccc2Cl)c1)c1n[nH]c2c1CNCC2. The molecule has 138 valence electrons. The van der Waals surface area contributed by atoms with Gasteiger partial charge in [-0.05, 0) is 17.7 Å². The first-order chi connectivity index (χ1) is 13.1. The minimum absolute atomic E-state index is 0.172. The number of anilines is 1. The average Bonchev–Trinajstić information content (AvgIpc) is 3.10. The molecule has 1 amide bonds. The number of hydrogen-bond donors (Lipinski definition) is 3. The predicted octanol–water partition coefficient (Wildman–Crippen LogP) is 2.17. The molecule has 3 aromatic rings. The van der Waals surface area contributed by atoms with Gasteiger partial charge >= 0.3 is 0 Å². The number of fused-ring (bicyclic) bond motifs is 1. The van der Waals surface area contributed by atoms with Gasteiger partial charge in [0.1, 0.15) is 0 Å². The summed E-state index contributed by atoms with van der Waals surface area (Å²) in [7, 11) is 0. The van der Waals surface area contributed by atoms with Gasteiger partial charge in [0.2, 0.25) is 0 Å². The summed E-state index contributed by atoms with van der Waals surface area (Å²) in [6.45, 7) is 1.80. The van der Waals surface area contributed by atoms with Crippen molar-refractivity contribution in [2.45, 2.75) is 19.5 Å². The van der Waals surface area contributed by atoms with Crippen molar-refractivity contribution in [1.29, 1.82) is 0 Å². The van der Waals surface area contributed by atoms with Crippen LogP contribution in [0.1, 0.15) is 27.3 Å². The molecule has 0 saturated heterocycles. The first kappa shape index (κ1) is 17.5. The summed E-state index contributed by atoms with van der Waals surface area (Å²) in [6.07, 6.45) is 2.43. The molecule has 3 N–H and O–H groups in total. The topological polar surface area (TPSA) is 91.8 Å². The van der Waals surface area contributed by atoms with E-state index in [1.165, 1.54) is 10.6 Å². The number of halogens is 1. The maximum atomic E-state index is 12.6. The fourth-order valence-corrected chi connectivity index (χ4v) is 3.34. The molecule has 1 aromatic carbocycles. The van der Waals surface area contributed by atoms with E-state index in [1.54, 1.807) is 18.3 Å². The summed E-state index contributed by atoms with van der Waals surface area (Å²) < 4.78 is 1.51. The van der Waals surface area contributed by atoms with Gasteiger partial charge < -0.3 is 15.2 Å². The molecule has 0 unspecified atom stereocenters. The number of nitrogens with one attached hydrogen (secondary N) is 3. The van der Waals surface area contributed by atoms with E-state index in [-0.39, 0.29) is 11.5 Å². The van der Waals surface area contributed by atoms with Gasteiger partial charge in [-0.25, -0.2) is 0 Å². The number of amides is 1. The second-order valence-corrected chi connectivity index (χ2v) is 6.79. The fourth-order valence-electron chi connectivity index (χ4n) is 3.14. The molecule has 3 heterocycles. The molecule has 0 bridgehead atoms. The third-order valence-electron chi connectivity index (χ3n) is 4.56. The van der Waals surface area contributed by atoms with E-state index in [0.717, 1.165) is 29.8 Å². The largest absolute Gasteiger partial charge is 0.319 e. The van der Waals surface area contributed by atoms with E-state index in [4.69, 9.17) is 11.6 Å². The number of hydrogen-bond acceptors (Lipinski definition) is 4. The molecule has 0 saturated carbocycles. The van der Waals surface area contributed by atoms with E-state index >= 15 is 0 Å². The number of aromatic amines is 1. The van der Waals surface area contributed by atoms with E-state index in [1.807, 2.05) is 18.2 Å². The van der Waals surface area contributed by atoms with Crippen molar-refractivity contribution < 1.29 is 4.79 Å². The highest BCUT2D eigenvalue weighted by Crippen LogP contribution is 2.18. The quantitative estimate of drug-likeness (QED) is 0.644. The van der Waals surface area contributed by atoms with Crippen molar-refractivity contribution in [1.82, 2.24) is 20.1 Å². The number of H-pyrrole nitrogens is 1. The lowest BCUT2D eigenvalue weighted by molar-refractivity contribution is 0.102. The van der Waals surface area contributed by atoms with Crippen molar-refractivity contribution in [3.8, 4) is 0 Å². The Morgan fingerprint density at radius 2 is 2.11 bits per heavy atom. The van der Waals surface area contributed by atoms with Gasteiger partial charge in [0, 0.05) is 48.1 Å². The number of pyridine rings is 1. The third-order valence-corrected chi connectivity index (χ3v) is 4.93. The first-order valence-corrected chi connectivity index (χ1v) is 9.01. The highest BCUT2D eigenvalue weighted by atomic mass is 35.5. The van der Waals surface area contributed by atoms with Gasteiger partial charge in [-0.1, -0.05) is 29.8 Å². The maximum Gasteiger partial charge on any atom is 0.276 e. The van der Waals surface area contributed by atoms with Crippen LogP contribution in [0.5, 0.6) is 0 Å². The number of aromatic nitrogens is 3. The Morgan fingerprint density at radius 1 is 1.26 bits per heavy atom. The minimum atomic E-state index is -0.306. The molecule has 4 rings (SSSR count). The lowest BCUT2D eigenvalue weighted by Crippen LogP contribution is -2.26. The Labute approximate surface area is 160 Å².